The van der Waals surface area contributed by atoms with Crippen molar-refractivity contribution in [2.45, 2.75) is 58.0 Å². The lowest BCUT2D eigenvalue weighted by atomic mass is 10.0. The van der Waals surface area contributed by atoms with Gasteiger partial charge in [-0.05, 0) is 39.0 Å². The molecule has 8 nitrogen and oxygen atoms in total. The largest absolute Gasteiger partial charge is 0.493 e. The zero-order valence-corrected chi connectivity index (χ0v) is 17.8. The topological polar surface area (TPSA) is 113 Å². The minimum absolute atomic E-state index is 0.267. The molecule has 1 aliphatic carbocycles. The number of carbonyl (C=O) groups excluding carboxylic acids is 1. The molecule has 158 valence electrons. The van der Waals surface area contributed by atoms with Gasteiger partial charge in [0.25, 0.3) is 0 Å². The van der Waals surface area contributed by atoms with E-state index in [0.29, 0.717) is 47.0 Å². The Kier molecular flexibility index (Phi) is 6.66. The van der Waals surface area contributed by atoms with Crippen LogP contribution in [0, 0.1) is 5.92 Å². The number of hydrogen-bond donors (Lipinski definition) is 2. The number of rotatable bonds is 9. The van der Waals surface area contributed by atoms with E-state index in [1.54, 1.807) is 19.9 Å². The van der Waals surface area contributed by atoms with Crippen LogP contribution >= 0.6 is 11.8 Å². The molecule has 2 atom stereocenters. The van der Waals surface area contributed by atoms with E-state index in [0.717, 1.165) is 19.3 Å². The first-order chi connectivity index (χ1) is 13.8. The van der Waals surface area contributed by atoms with Crippen LogP contribution < -0.4 is 15.7 Å². The van der Waals surface area contributed by atoms with Gasteiger partial charge in [0.2, 0.25) is 5.91 Å². The van der Waals surface area contributed by atoms with Crippen molar-refractivity contribution in [2.75, 3.05) is 12.4 Å². The molecule has 2 aliphatic rings. The number of amides is 1. The molecule has 1 aromatic rings. The Morgan fingerprint density at radius 1 is 1.52 bits per heavy atom. The van der Waals surface area contributed by atoms with E-state index in [1.807, 2.05) is 6.92 Å². The van der Waals surface area contributed by atoms with Gasteiger partial charge in [-0.15, -0.1) is 11.8 Å². The number of nitrogens with one attached hydrogen (secondary N) is 1. The lowest BCUT2D eigenvalue weighted by molar-refractivity contribution is -0.125. The molecule has 2 N–H and O–H groups in total. The molecule has 1 saturated carbocycles. The fraction of sp³-hybridized carbons (Fsp3) is 0.600. The van der Waals surface area contributed by atoms with Gasteiger partial charge in [-0.1, -0.05) is 18.5 Å². The number of thioether (sulfide) groups is 1. The third kappa shape index (κ3) is 5.41. The highest BCUT2D eigenvalue weighted by molar-refractivity contribution is 8.16. The fourth-order valence-corrected chi connectivity index (χ4v) is 4.09. The van der Waals surface area contributed by atoms with E-state index in [4.69, 9.17) is 14.4 Å². The highest BCUT2D eigenvalue weighted by Crippen LogP contribution is 2.31. The number of hydrogen-bond acceptors (Lipinski definition) is 8. The number of ether oxygens (including phenoxy) is 1. The van der Waals surface area contributed by atoms with Crippen LogP contribution in [0.1, 0.15) is 58.3 Å². The van der Waals surface area contributed by atoms with Crippen molar-refractivity contribution in [3.8, 4) is 5.75 Å². The van der Waals surface area contributed by atoms with Crippen molar-refractivity contribution in [1.82, 2.24) is 5.32 Å². The lowest BCUT2D eigenvalue weighted by Gasteiger charge is -2.24. The Labute approximate surface area is 173 Å². The van der Waals surface area contributed by atoms with Crippen molar-refractivity contribution in [3.05, 3.63) is 28.3 Å². The summed E-state index contributed by atoms with van der Waals surface area (Å²) in [6, 6.07) is 2.56. The zero-order valence-electron chi connectivity index (χ0n) is 16.9. The lowest BCUT2D eigenvalue weighted by Crippen LogP contribution is -2.45. The summed E-state index contributed by atoms with van der Waals surface area (Å²) in [5, 5.41) is 15.6. The average Bonchev–Trinajstić information content (AvgIpc) is 3.44. The van der Waals surface area contributed by atoms with E-state index in [-0.39, 0.29) is 5.91 Å². The Hall–Kier alpha value is -2.29. The van der Waals surface area contributed by atoms with Gasteiger partial charge in [-0.3, -0.25) is 9.79 Å². The van der Waals surface area contributed by atoms with Crippen LogP contribution in [-0.2, 0) is 4.79 Å². The van der Waals surface area contributed by atoms with E-state index in [2.05, 4.69) is 15.5 Å². The molecular formula is C20H27N3O5S. The Morgan fingerprint density at radius 3 is 2.93 bits per heavy atom. The van der Waals surface area contributed by atoms with E-state index < -0.39 is 17.2 Å². The molecule has 3 rings (SSSR count). The minimum atomic E-state index is -0.988. The first kappa shape index (κ1) is 21.4. The summed E-state index contributed by atoms with van der Waals surface area (Å²) >= 11 is 1.37. The number of nitrogens with zero attached hydrogens (tertiary/aromatic N) is 2. The molecular weight excluding hydrogens is 394 g/mol. The molecule has 1 aromatic heterocycles. The Balaban J connectivity index is 1.77. The summed E-state index contributed by atoms with van der Waals surface area (Å²) < 4.78 is 11.1. The van der Waals surface area contributed by atoms with Crippen LogP contribution in [0.4, 0.5) is 0 Å². The van der Waals surface area contributed by atoms with Crippen molar-refractivity contribution in [1.29, 1.82) is 0 Å². The summed E-state index contributed by atoms with van der Waals surface area (Å²) in [4.78, 5) is 29.5. The van der Waals surface area contributed by atoms with E-state index in [1.165, 1.54) is 17.8 Å². The van der Waals surface area contributed by atoms with Crippen LogP contribution in [0.25, 0.3) is 0 Å². The molecule has 1 fully saturated rings. The Morgan fingerprint density at radius 2 is 2.28 bits per heavy atom. The third-order valence-electron chi connectivity index (χ3n) is 4.96. The molecule has 1 amide bonds. The van der Waals surface area contributed by atoms with Gasteiger partial charge in [0, 0.05) is 11.8 Å². The SMILES string of the molecule is CCC[C@@H](NC(=O)C1(C)CSC(/C(C)=N/O)=N1)c1cc(OCC2CC2)cc(=O)o1. The van der Waals surface area contributed by atoms with Crippen LogP contribution in [0.15, 0.2) is 31.5 Å². The van der Waals surface area contributed by atoms with E-state index in [9.17, 15) is 9.59 Å². The van der Waals surface area contributed by atoms with Crippen molar-refractivity contribution < 1.29 is 19.2 Å². The number of carbonyl (C=O) groups is 1. The normalized spacial score (nSPS) is 22.9. The van der Waals surface area contributed by atoms with Crippen LogP contribution in [0.2, 0.25) is 0 Å². The summed E-state index contributed by atoms with van der Waals surface area (Å²) in [5.74, 6) is 1.58. The van der Waals surface area contributed by atoms with Crippen molar-refractivity contribution in [2.24, 2.45) is 16.1 Å². The van der Waals surface area contributed by atoms with Gasteiger partial charge < -0.3 is 19.7 Å². The van der Waals surface area contributed by atoms with Crippen LogP contribution in [0.5, 0.6) is 5.75 Å². The maximum Gasteiger partial charge on any atom is 0.339 e. The van der Waals surface area contributed by atoms with Gasteiger partial charge in [0.1, 0.15) is 27.8 Å². The molecule has 1 unspecified atom stereocenters. The van der Waals surface area contributed by atoms with Gasteiger partial charge in [-0.25, -0.2) is 4.79 Å². The second kappa shape index (κ2) is 9.02. The highest BCUT2D eigenvalue weighted by Gasteiger charge is 2.40. The van der Waals surface area contributed by atoms with Gasteiger partial charge in [0.15, 0.2) is 0 Å². The number of aliphatic imine (C=N–C) groups is 1. The molecule has 9 heteroatoms. The molecule has 0 radical (unpaired) electrons. The minimum Gasteiger partial charge on any atom is -0.493 e. The standard InChI is InChI=1S/C20H27N3O5S/c1-4-5-15(16-8-14(9-17(24)28-16)27-10-13-6-7-13)21-19(25)20(3)11-29-18(22-20)12(2)23-26/h8-9,13,15,26H,4-7,10-11H2,1-3H3,(H,21,25)/b23-12+/t15-,20?/m1/s1. The molecule has 0 bridgehead atoms. The molecule has 0 spiro atoms. The Bertz CT molecular complexity index is 877. The average molecular weight is 422 g/mol. The van der Waals surface area contributed by atoms with E-state index >= 15 is 0 Å². The smallest absolute Gasteiger partial charge is 0.339 e. The molecule has 0 saturated heterocycles. The predicted molar refractivity (Wildman–Crippen MR) is 112 cm³/mol. The summed E-state index contributed by atoms with van der Waals surface area (Å²) in [5.41, 5.74) is -1.11. The van der Waals surface area contributed by atoms with Gasteiger partial charge in [-0.2, -0.15) is 0 Å². The first-order valence-electron chi connectivity index (χ1n) is 9.85. The maximum absolute atomic E-state index is 13.0. The zero-order chi connectivity index (χ0) is 21.0. The summed E-state index contributed by atoms with van der Waals surface area (Å²) in [6.07, 6.45) is 3.71. The summed E-state index contributed by atoms with van der Waals surface area (Å²) in [7, 11) is 0. The van der Waals surface area contributed by atoms with Crippen LogP contribution in [-0.4, -0.2) is 39.8 Å². The van der Waals surface area contributed by atoms with Crippen molar-refractivity contribution >= 4 is 28.4 Å². The quantitative estimate of drug-likeness (QED) is 0.360. The fourth-order valence-electron chi connectivity index (χ4n) is 2.96. The van der Waals surface area contributed by atoms with Crippen LogP contribution in [0.3, 0.4) is 0 Å². The second-order valence-electron chi connectivity index (χ2n) is 7.75. The second-order valence-corrected chi connectivity index (χ2v) is 8.71. The van der Waals surface area contributed by atoms with Crippen molar-refractivity contribution in [3.63, 3.8) is 0 Å². The molecule has 1 aliphatic heterocycles. The third-order valence-corrected chi connectivity index (χ3v) is 6.33. The van der Waals surface area contributed by atoms with Gasteiger partial charge in [0.05, 0.1) is 18.7 Å². The monoisotopic (exact) mass is 421 g/mol. The summed E-state index contributed by atoms with van der Waals surface area (Å²) in [6.45, 7) is 5.96. The number of oxime groups is 1. The molecule has 0 aromatic carbocycles. The van der Waals surface area contributed by atoms with Gasteiger partial charge >= 0.3 is 5.63 Å². The molecule has 2 heterocycles. The highest BCUT2D eigenvalue weighted by atomic mass is 32.2. The molecule has 29 heavy (non-hydrogen) atoms. The first-order valence-corrected chi connectivity index (χ1v) is 10.8. The maximum atomic E-state index is 13.0. The predicted octanol–water partition coefficient (Wildman–Crippen LogP) is 3.14.